The van der Waals surface area contributed by atoms with Crippen LogP contribution >= 0.6 is 11.6 Å². The molecular formula is C15H16ClNO. The highest BCUT2D eigenvalue weighted by Gasteiger charge is 1.97. The number of hydrogen-bond acceptors (Lipinski definition) is 2. The highest BCUT2D eigenvalue weighted by molar-refractivity contribution is 6.17. The standard InChI is InChI=1S/C15H16ClNO/c16-11-14-8-9-15(17-12-14)18-10-4-7-13-5-2-1-3-6-13/h1-3,5-6,8-9,12H,4,7,10-11H2. The molecule has 0 atom stereocenters. The van der Waals surface area contributed by atoms with Crippen molar-refractivity contribution in [2.45, 2.75) is 18.7 Å². The first kappa shape index (κ1) is 12.9. The van der Waals surface area contributed by atoms with Gasteiger partial charge in [0.1, 0.15) is 0 Å². The molecule has 0 amide bonds. The van der Waals surface area contributed by atoms with Crippen LogP contribution in [0.2, 0.25) is 0 Å². The minimum atomic E-state index is 0.487. The van der Waals surface area contributed by atoms with E-state index in [0.29, 0.717) is 18.4 Å². The largest absolute Gasteiger partial charge is 0.478 e. The van der Waals surface area contributed by atoms with E-state index >= 15 is 0 Å². The molecule has 0 aliphatic heterocycles. The Kier molecular flexibility index (Phi) is 5.03. The van der Waals surface area contributed by atoms with Gasteiger partial charge in [0.25, 0.3) is 0 Å². The Hall–Kier alpha value is -1.54. The summed E-state index contributed by atoms with van der Waals surface area (Å²) in [6.45, 7) is 0.683. The Morgan fingerprint density at radius 1 is 1.00 bits per heavy atom. The van der Waals surface area contributed by atoms with Gasteiger partial charge in [-0.25, -0.2) is 4.98 Å². The Morgan fingerprint density at radius 2 is 1.83 bits per heavy atom. The van der Waals surface area contributed by atoms with E-state index in [9.17, 15) is 0 Å². The first-order valence-electron chi connectivity index (χ1n) is 6.06. The van der Waals surface area contributed by atoms with Crippen molar-refractivity contribution in [1.29, 1.82) is 0 Å². The van der Waals surface area contributed by atoms with E-state index < -0.39 is 0 Å². The molecule has 2 aromatic rings. The van der Waals surface area contributed by atoms with Gasteiger partial charge in [0, 0.05) is 18.1 Å². The van der Waals surface area contributed by atoms with E-state index in [1.807, 2.05) is 18.2 Å². The second-order valence-corrected chi connectivity index (χ2v) is 4.34. The summed E-state index contributed by atoms with van der Waals surface area (Å²) in [7, 11) is 0. The van der Waals surface area contributed by atoms with Crippen LogP contribution in [0.4, 0.5) is 0 Å². The lowest BCUT2D eigenvalue weighted by Gasteiger charge is -2.05. The fraction of sp³-hybridized carbons (Fsp3) is 0.267. The van der Waals surface area contributed by atoms with Crippen LogP contribution < -0.4 is 4.74 Å². The van der Waals surface area contributed by atoms with Gasteiger partial charge in [-0.05, 0) is 24.0 Å². The molecule has 0 bridgehead atoms. The Bertz CT molecular complexity index is 456. The van der Waals surface area contributed by atoms with Crippen molar-refractivity contribution in [3.8, 4) is 5.88 Å². The summed E-state index contributed by atoms with van der Waals surface area (Å²) in [5, 5.41) is 0. The average molecular weight is 262 g/mol. The fourth-order valence-electron chi connectivity index (χ4n) is 1.67. The summed E-state index contributed by atoms with van der Waals surface area (Å²) in [6, 6.07) is 14.2. The topological polar surface area (TPSA) is 22.1 Å². The molecule has 2 nitrogen and oxygen atoms in total. The van der Waals surface area contributed by atoms with Crippen LogP contribution in [0, 0.1) is 0 Å². The van der Waals surface area contributed by atoms with Crippen molar-refractivity contribution in [2.24, 2.45) is 0 Å². The third-order valence-corrected chi connectivity index (χ3v) is 2.96. The Balaban J connectivity index is 1.72. The number of benzene rings is 1. The zero-order valence-electron chi connectivity index (χ0n) is 10.2. The van der Waals surface area contributed by atoms with Gasteiger partial charge in [-0.1, -0.05) is 36.4 Å². The van der Waals surface area contributed by atoms with Gasteiger partial charge < -0.3 is 4.74 Å². The molecule has 2 rings (SSSR count). The van der Waals surface area contributed by atoms with Crippen molar-refractivity contribution in [2.75, 3.05) is 6.61 Å². The molecule has 0 spiro atoms. The second kappa shape index (κ2) is 7.02. The summed E-state index contributed by atoms with van der Waals surface area (Å²) in [4.78, 5) is 4.19. The van der Waals surface area contributed by atoms with Gasteiger partial charge in [0.15, 0.2) is 0 Å². The third-order valence-electron chi connectivity index (χ3n) is 2.65. The molecule has 0 saturated carbocycles. The molecule has 0 aliphatic carbocycles. The molecule has 0 radical (unpaired) electrons. The maximum absolute atomic E-state index is 5.69. The Labute approximate surface area is 113 Å². The van der Waals surface area contributed by atoms with Gasteiger partial charge in [0.2, 0.25) is 5.88 Å². The first-order chi connectivity index (χ1) is 8.88. The van der Waals surface area contributed by atoms with Crippen molar-refractivity contribution >= 4 is 11.6 Å². The van der Waals surface area contributed by atoms with E-state index in [4.69, 9.17) is 16.3 Å². The van der Waals surface area contributed by atoms with Crippen LogP contribution in [-0.4, -0.2) is 11.6 Å². The second-order valence-electron chi connectivity index (χ2n) is 4.08. The number of halogens is 1. The average Bonchev–Trinajstić information content (AvgIpc) is 2.45. The van der Waals surface area contributed by atoms with Crippen molar-refractivity contribution in [1.82, 2.24) is 4.98 Å². The number of ether oxygens (including phenoxy) is 1. The number of alkyl halides is 1. The van der Waals surface area contributed by atoms with Gasteiger partial charge in [-0.15, -0.1) is 11.6 Å². The number of nitrogens with zero attached hydrogens (tertiary/aromatic N) is 1. The lowest BCUT2D eigenvalue weighted by atomic mass is 10.1. The van der Waals surface area contributed by atoms with Crippen LogP contribution in [0.1, 0.15) is 17.5 Å². The summed E-state index contributed by atoms with van der Waals surface area (Å²) in [5.74, 6) is 1.15. The number of rotatable bonds is 6. The lowest BCUT2D eigenvalue weighted by molar-refractivity contribution is 0.299. The quantitative estimate of drug-likeness (QED) is 0.582. The monoisotopic (exact) mass is 261 g/mol. The normalized spacial score (nSPS) is 10.3. The first-order valence-corrected chi connectivity index (χ1v) is 6.59. The summed E-state index contributed by atoms with van der Waals surface area (Å²) in [5.41, 5.74) is 2.35. The molecule has 1 aromatic heterocycles. The molecule has 0 N–H and O–H groups in total. The minimum Gasteiger partial charge on any atom is -0.478 e. The summed E-state index contributed by atoms with van der Waals surface area (Å²) in [6.07, 6.45) is 3.77. The van der Waals surface area contributed by atoms with Crippen LogP contribution in [0.15, 0.2) is 48.7 Å². The van der Waals surface area contributed by atoms with E-state index in [-0.39, 0.29) is 0 Å². The molecule has 0 unspecified atom stereocenters. The maximum atomic E-state index is 5.69. The van der Waals surface area contributed by atoms with E-state index in [2.05, 4.69) is 29.2 Å². The van der Waals surface area contributed by atoms with Crippen LogP contribution in [0.25, 0.3) is 0 Å². The summed E-state index contributed by atoms with van der Waals surface area (Å²) >= 11 is 5.69. The maximum Gasteiger partial charge on any atom is 0.213 e. The molecule has 0 fully saturated rings. The zero-order valence-corrected chi connectivity index (χ0v) is 10.9. The van der Waals surface area contributed by atoms with Gasteiger partial charge in [0.05, 0.1) is 6.61 Å². The smallest absolute Gasteiger partial charge is 0.213 e. The predicted octanol–water partition coefficient (Wildman–Crippen LogP) is 3.83. The minimum absolute atomic E-state index is 0.487. The molecular weight excluding hydrogens is 246 g/mol. The lowest BCUT2D eigenvalue weighted by Crippen LogP contribution is -2.00. The third kappa shape index (κ3) is 4.04. The van der Waals surface area contributed by atoms with Crippen molar-refractivity contribution < 1.29 is 4.74 Å². The Morgan fingerprint density at radius 3 is 2.50 bits per heavy atom. The van der Waals surface area contributed by atoms with E-state index in [1.165, 1.54) is 5.56 Å². The van der Waals surface area contributed by atoms with E-state index in [1.54, 1.807) is 6.20 Å². The van der Waals surface area contributed by atoms with Gasteiger partial charge >= 0.3 is 0 Å². The van der Waals surface area contributed by atoms with Crippen LogP contribution in [0.5, 0.6) is 5.88 Å². The SMILES string of the molecule is ClCc1ccc(OCCCc2ccccc2)nc1. The molecule has 18 heavy (non-hydrogen) atoms. The number of pyridine rings is 1. The van der Waals surface area contributed by atoms with Crippen LogP contribution in [0.3, 0.4) is 0 Å². The molecule has 1 aromatic carbocycles. The molecule has 1 heterocycles. The number of aryl methyl sites for hydroxylation is 1. The number of aromatic nitrogens is 1. The van der Waals surface area contributed by atoms with Gasteiger partial charge in [-0.2, -0.15) is 0 Å². The number of hydrogen-bond donors (Lipinski definition) is 0. The zero-order chi connectivity index (χ0) is 12.6. The molecule has 3 heteroatoms. The summed E-state index contributed by atoms with van der Waals surface area (Å²) < 4.78 is 5.57. The van der Waals surface area contributed by atoms with Gasteiger partial charge in [-0.3, -0.25) is 0 Å². The molecule has 0 saturated heterocycles. The van der Waals surface area contributed by atoms with Crippen molar-refractivity contribution in [3.05, 3.63) is 59.8 Å². The highest BCUT2D eigenvalue weighted by Crippen LogP contribution is 2.10. The van der Waals surface area contributed by atoms with Crippen LogP contribution in [-0.2, 0) is 12.3 Å². The highest BCUT2D eigenvalue weighted by atomic mass is 35.5. The van der Waals surface area contributed by atoms with E-state index in [0.717, 1.165) is 18.4 Å². The van der Waals surface area contributed by atoms with Crippen molar-refractivity contribution in [3.63, 3.8) is 0 Å². The molecule has 0 aliphatic rings. The molecule has 94 valence electrons. The fourth-order valence-corrected chi connectivity index (χ4v) is 1.83. The predicted molar refractivity (Wildman–Crippen MR) is 74.1 cm³/mol.